The van der Waals surface area contributed by atoms with Crippen LogP contribution in [0.3, 0.4) is 0 Å². The molecule has 0 aliphatic carbocycles. The fourth-order valence-electron chi connectivity index (χ4n) is 2.37. The summed E-state index contributed by atoms with van der Waals surface area (Å²) in [5, 5.41) is 15.0. The molecule has 122 valence electrons. The lowest BCUT2D eigenvalue weighted by Crippen LogP contribution is -2.46. The van der Waals surface area contributed by atoms with Crippen LogP contribution < -0.4 is 10.6 Å². The summed E-state index contributed by atoms with van der Waals surface area (Å²) >= 11 is 0. The number of amides is 2. The molecule has 0 saturated carbocycles. The Morgan fingerprint density at radius 1 is 1.33 bits per heavy atom. The molecule has 0 atom stereocenters. The molecule has 0 aromatic carbocycles. The van der Waals surface area contributed by atoms with Crippen molar-refractivity contribution in [3.05, 3.63) is 0 Å². The minimum absolute atomic E-state index is 0.246. The minimum atomic E-state index is -0.980. The fourth-order valence-corrected chi connectivity index (χ4v) is 2.37. The molecule has 7 heteroatoms. The van der Waals surface area contributed by atoms with E-state index in [9.17, 15) is 9.59 Å². The summed E-state index contributed by atoms with van der Waals surface area (Å²) in [4.78, 5) is 26.5. The van der Waals surface area contributed by atoms with E-state index in [-0.39, 0.29) is 18.5 Å². The molecule has 0 unspecified atom stereocenters. The standard InChI is InChI=1S/C14H28N4O3/c1-12(2)10-18(11-13(19)20)14(21)16-4-3-7-17-8-5-15-6-9-17/h12,15H,3-11H2,1-2H3,(H,16,21)(H,19,20). The van der Waals surface area contributed by atoms with Gasteiger partial charge in [0.15, 0.2) is 0 Å². The second-order valence-electron chi connectivity index (χ2n) is 5.85. The fraction of sp³-hybridized carbons (Fsp3) is 0.857. The first-order valence-corrected chi connectivity index (χ1v) is 7.66. The van der Waals surface area contributed by atoms with Crippen LogP contribution in [0.4, 0.5) is 4.79 Å². The maximum atomic E-state index is 12.0. The number of aliphatic carboxylic acids is 1. The van der Waals surface area contributed by atoms with Crippen LogP contribution >= 0.6 is 0 Å². The summed E-state index contributed by atoms with van der Waals surface area (Å²) in [6.07, 6.45) is 0.883. The van der Waals surface area contributed by atoms with Gasteiger partial charge in [-0.15, -0.1) is 0 Å². The summed E-state index contributed by atoms with van der Waals surface area (Å²) in [6, 6.07) is -0.286. The van der Waals surface area contributed by atoms with Gasteiger partial charge in [0.05, 0.1) is 0 Å². The number of hydrogen-bond donors (Lipinski definition) is 3. The zero-order chi connectivity index (χ0) is 15.7. The van der Waals surface area contributed by atoms with Gasteiger partial charge in [0, 0.05) is 39.3 Å². The number of urea groups is 1. The van der Waals surface area contributed by atoms with Crippen molar-refractivity contribution in [3.8, 4) is 0 Å². The molecular weight excluding hydrogens is 272 g/mol. The van der Waals surface area contributed by atoms with Gasteiger partial charge in [0.25, 0.3) is 0 Å². The first kappa shape index (κ1) is 17.7. The number of carboxylic acid groups (broad SMARTS) is 1. The molecule has 1 rings (SSSR count). The molecule has 0 aromatic rings. The average molecular weight is 300 g/mol. The summed E-state index contributed by atoms with van der Waals surface area (Å²) in [6.45, 7) is 9.82. The SMILES string of the molecule is CC(C)CN(CC(=O)O)C(=O)NCCCN1CCNCC1. The van der Waals surface area contributed by atoms with Crippen LogP contribution in [0.25, 0.3) is 0 Å². The van der Waals surface area contributed by atoms with Gasteiger partial charge in [-0.25, -0.2) is 4.79 Å². The molecular formula is C14H28N4O3. The molecule has 2 amide bonds. The quantitative estimate of drug-likeness (QED) is 0.551. The number of hydrogen-bond acceptors (Lipinski definition) is 4. The Kier molecular flexibility index (Phi) is 8.07. The van der Waals surface area contributed by atoms with Gasteiger partial charge < -0.3 is 25.5 Å². The van der Waals surface area contributed by atoms with Crippen molar-refractivity contribution in [2.45, 2.75) is 20.3 Å². The maximum Gasteiger partial charge on any atom is 0.323 e. The topological polar surface area (TPSA) is 84.9 Å². The summed E-state index contributed by atoms with van der Waals surface area (Å²) < 4.78 is 0. The third-order valence-corrected chi connectivity index (χ3v) is 3.34. The number of nitrogens with one attached hydrogen (secondary N) is 2. The van der Waals surface area contributed by atoms with Crippen LogP contribution in [0.2, 0.25) is 0 Å². The van der Waals surface area contributed by atoms with Crippen LogP contribution in [-0.4, -0.2) is 79.3 Å². The van der Waals surface area contributed by atoms with Crippen molar-refractivity contribution in [2.75, 3.05) is 52.4 Å². The number of piperazine rings is 1. The highest BCUT2D eigenvalue weighted by Gasteiger charge is 2.17. The van der Waals surface area contributed by atoms with Gasteiger partial charge in [-0.05, 0) is 18.9 Å². The van der Waals surface area contributed by atoms with Crippen molar-refractivity contribution in [1.82, 2.24) is 20.4 Å². The lowest BCUT2D eigenvalue weighted by molar-refractivity contribution is -0.137. The lowest BCUT2D eigenvalue weighted by atomic mass is 10.2. The van der Waals surface area contributed by atoms with Gasteiger partial charge in [-0.2, -0.15) is 0 Å². The van der Waals surface area contributed by atoms with Gasteiger partial charge in [-0.3, -0.25) is 4.79 Å². The molecule has 0 bridgehead atoms. The predicted molar refractivity (Wildman–Crippen MR) is 81.4 cm³/mol. The van der Waals surface area contributed by atoms with E-state index in [0.29, 0.717) is 13.1 Å². The first-order valence-electron chi connectivity index (χ1n) is 7.66. The van der Waals surface area contributed by atoms with Crippen LogP contribution in [0.15, 0.2) is 0 Å². The molecule has 0 spiro atoms. The average Bonchev–Trinajstić information content (AvgIpc) is 2.43. The zero-order valence-electron chi connectivity index (χ0n) is 13.1. The predicted octanol–water partition coefficient (Wildman–Crippen LogP) is 0.0339. The van der Waals surface area contributed by atoms with E-state index in [4.69, 9.17) is 5.11 Å². The van der Waals surface area contributed by atoms with E-state index in [1.807, 2.05) is 13.8 Å². The lowest BCUT2D eigenvalue weighted by Gasteiger charge is -2.27. The Bertz CT molecular complexity index is 330. The second-order valence-corrected chi connectivity index (χ2v) is 5.85. The third-order valence-electron chi connectivity index (χ3n) is 3.34. The Labute approximate surface area is 126 Å². The maximum absolute atomic E-state index is 12.0. The summed E-state index contributed by atoms with van der Waals surface area (Å²) in [7, 11) is 0. The molecule has 1 saturated heterocycles. The number of nitrogens with zero attached hydrogens (tertiary/aromatic N) is 2. The normalized spacial score (nSPS) is 16.0. The Morgan fingerprint density at radius 2 is 2.00 bits per heavy atom. The molecule has 21 heavy (non-hydrogen) atoms. The van der Waals surface area contributed by atoms with Gasteiger partial charge >= 0.3 is 12.0 Å². The van der Waals surface area contributed by atoms with E-state index in [2.05, 4.69) is 15.5 Å². The first-order chi connectivity index (χ1) is 9.99. The van der Waals surface area contributed by atoms with Crippen molar-refractivity contribution in [3.63, 3.8) is 0 Å². The van der Waals surface area contributed by atoms with Crippen LogP contribution in [0.1, 0.15) is 20.3 Å². The van der Waals surface area contributed by atoms with E-state index in [1.165, 1.54) is 4.90 Å². The van der Waals surface area contributed by atoms with Crippen molar-refractivity contribution in [1.29, 1.82) is 0 Å². The molecule has 1 fully saturated rings. The summed E-state index contributed by atoms with van der Waals surface area (Å²) in [5.41, 5.74) is 0. The highest BCUT2D eigenvalue weighted by Crippen LogP contribution is 2.00. The highest BCUT2D eigenvalue weighted by molar-refractivity contribution is 5.80. The molecule has 0 aromatic heterocycles. The van der Waals surface area contributed by atoms with E-state index >= 15 is 0 Å². The monoisotopic (exact) mass is 300 g/mol. The van der Waals surface area contributed by atoms with Crippen LogP contribution in [0.5, 0.6) is 0 Å². The molecule has 1 heterocycles. The van der Waals surface area contributed by atoms with Gasteiger partial charge in [-0.1, -0.05) is 13.8 Å². The van der Waals surface area contributed by atoms with E-state index in [0.717, 1.165) is 39.1 Å². The van der Waals surface area contributed by atoms with E-state index in [1.54, 1.807) is 0 Å². The Balaban J connectivity index is 2.23. The van der Waals surface area contributed by atoms with Crippen molar-refractivity contribution < 1.29 is 14.7 Å². The third kappa shape index (κ3) is 7.87. The van der Waals surface area contributed by atoms with Gasteiger partial charge in [0.2, 0.25) is 0 Å². The van der Waals surface area contributed by atoms with Crippen LogP contribution in [0, 0.1) is 5.92 Å². The number of carboxylic acids is 1. The van der Waals surface area contributed by atoms with Crippen molar-refractivity contribution in [2.24, 2.45) is 5.92 Å². The van der Waals surface area contributed by atoms with Crippen LogP contribution in [-0.2, 0) is 4.79 Å². The smallest absolute Gasteiger partial charge is 0.323 e. The molecule has 1 aliphatic heterocycles. The minimum Gasteiger partial charge on any atom is -0.480 e. The van der Waals surface area contributed by atoms with Gasteiger partial charge in [0.1, 0.15) is 6.54 Å². The zero-order valence-corrected chi connectivity index (χ0v) is 13.1. The molecule has 7 nitrogen and oxygen atoms in total. The summed E-state index contributed by atoms with van der Waals surface area (Å²) in [5.74, 6) is -0.734. The second kappa shape index (κ2) is 9.57. The Morgan fingerprint density at radius 3 is 2.57 bits per heavy atom. The molecule has 3 N–H and O–H groups in total. The molecule has 0 radical (unpaired) electrons. The number of carbonyl (C=O) groups excluding carboxylic acids is 1. The Hall–Kier alpha value is -1.34. The molecule has 1 aliphatic rings. The van der Waals surface area contributed by atoms with Crippen molar-refractivity contribution >= 4 is 12.0 Å². The number of carbonyl (C=O) groups is 2. The number of rotatable bonds is 8. The highest BCUT2D eigenvalue weighted by atomic mass is 16.4. The largest absolute Gasteiger partial charge is 0.480 e. The van der Waals surface area contributed by atoms with E-state index < -0.39 is 5.97 Å².